The second-order valence-electron chi connectivity index (χ2n) is 8.64. The highest BCUT2D eigenvalue weighted by molar-refractivity contribution is 5.46. The minimum atomic E-state index is -0.00812. The van der Waals surface area contributed by atoms with Crippen molar-refractivity contribution in [2.24, 2.45) is 0 Å². The minimum Gasteiger partial charge on any atom is -0.495 e. The molecule has 0 saturated carbocycles. The van der Waals surface area contributed by atoms with Crippen LogP contribution in [-0.4, -0.2) is 54.6 Å². The fourth-order valence-corrected chi connectivity index (χ4v) is 4.75. The molecule has 1 aliphatic carbocycles. The SMILES string of the molecule is C[C@@H]1CN(c2cc([C@@H]3NNC4=C3C=C(OC3CCOCC3)CC4)ncn2)C[C@H](C)O1. The average molecular weight is 414 g/mol. The van der Waals surface area contributed by atoms with Crippen LogP contribution in [0.2, 0.25) is 0 Å². The maximum absolute atomic E-state index is 6.30. The maximum atomic E-state index is 6.30. The zero-order valence-electron chi connectivity index (χ0n) is 17.8. The Morgan fingerprint density at radius 1 is 1.10 bits per heavy atom. The first kappa shape index (κ1) is 19.8. The summed E-state index contributed by atoms with van der Waals surface area (Å²) in [7, 11) is 0. The van der Waals surface area contributed by atoms with Crippen molar-refractivity contribution in [1.82, 2.24) is 20.8 Å². The number of anilines is 1. The Bertz CT molecular complexity index is 826. The number of nitrogens with one attached hydrogen (secondary N) is 2. The van der Waals surface area contributed by atoms with E-state index in [1.54, 1.807) is 6.33 Å². The molecule has 0 spiro atoms. The Hall–Kier alpha value is -2.16. The Balaban J connectivity index is 1.34. The first-order valence-electron chi connectivity index (χ1n) is 11.1. The molecule has 8 nitrogen and oxygen atoms in total. The van der Waals surface area contributed by atoms with E-state index in [1.165, 1.54) is 11.3 Å². The minimum absolute atomic E-state index is 0.00812. The molecule has 2 N–H and O–H groups in total. The van der Waals surface area contributed by atoms with Crippen LogP contribution < -0.4 is 15.8 Å². The van der Waals surface area contributed by atoms with Gasteiger partial charge in [-0.05, 0) is 26.3 Å². The highest BCUT2D eigenvalue weighted by atomic mass is 16.5. The van der Waals surface area contributed by atoms with Gasteiger partial charge in [-0.2, -0.15) is 0 Å². The molecule has 1 aromatic heterocycles. The lowest BCUT2D eigenvalue weighted by molar-refractivity contribution is -0.00642. The van der Waals surface area contributed by atoms with E-state index >= 15 is 0 Å². The molecule has 4 aliphatic rings. The number of aromatic nitrogens is 2. The fourth-order valence-electron chi connectivity index (χ4n) is 4.75. The second kappa shape index (κ2) is 8.53. The Kier molecular flexibility index (Phi) is 5.62. The molecule has 0 aromatic carbocycles. The fraction of sp³-hybridized carbons (Fsp3) is 0.636. The van der Waals surface area contributed by atoms with Crippen LogP contribution in [0.4, 0.5) is 5.82 Å². The van der Waals surface area contributed by atoms with E-state index in [1.807, 2.05) is 0 Å². The van der Waals surface area contributed by atoms with Crippen LogP contribution in [0.15, 0.2) is 35.5 Å². The Labute approximate surface area is 177 Å². The largest absolute Gasteiger partial charge is 0.495 e. The van der Waals surface area contributed by atoms with Crippen molar-refractivity contribution in [3.8, 4) is 0 Å². The van der Waals surface area contributed by atoms with Gasteiger partial charge in [0.05, 0.1) is 42.9 Å². The number of rotatable bonds is 4. The molecule has 3 atom stereocenters. The zero-order valence-corrected chi connectivity index (χ0v) is 17.8. The highest BCUT2D eigenvalue weighted by Gasteiger charge is 2.31. The summed E-state index contributed by atoms with van der Waals surface area (Å²) in [6, 6.07) is 2.09. The summed E-state index contributed by atoms with van der Waals surface area (Å²) in [5.74, 6) is 2.03. The van der Waals surface area contributed by atoms with Gasteiger partial charge in [0.15, 0.2) is 0 Å². The number of nitrogens with zero attached hydrogens (tertiary/aromatic N) is 3. The molecule has 8 heteroatoms. The second-order valence-corrected chi connectivity index (χ2v) is 8.64. The predicted molar refractivity (Wildman–Crippen MR) is 113 cm³/mol. The van der Waals surface area contributed by atoms with Gasteiger partial charge in [0.25, 0.3) is 0 Å². The van der Waals surface area contributed by atoms with Crippen LogP contribution in [0.25, 0.3) is 0 Å². The number of hydrogen-bond acceptors (Lipinski definition) is 8. The molecule has 30 heavy (non-hydrogen) atoms. The predicted octanol–water partition coefficient (Wildman–Crippen LogP) is 2.37. The van der Waals surface area contributed by atoms with Crippen LogP contribution >= 0.6 is 0 Å². The van der Waals surface area contributed by atoms with Crippen molar-refractivity contribution >= 4 is 5.82 Å². The van der Waals surface area contributed by atoms with Gasteiger partial charge in [0.1, 0.15) is 18.2 Å². The summed E-state index contributed by atoms with van der Waals surface area (Å²) in [6.45, 7) is 7.48. The van der Waals surface area contributed by atoms with Crippen molar-refractivity contribution in [3.63, 3.8) is 0 Å². The van der Waals surface area contributed by atoms with Gasteiger partial charge in [0.2, 0.25) is 0 Å². The Morgan fingerprint density at radius 3 is 2.70 bits per heavy atom. The molecular formula is C22H31N5O3. The van der Waals surface area contributed by atoms with Crippen molar-refractivity contribution in [3.05, 3.63) is 41.2 Å². The molecule has 0 amide bonds. The number of ether oxygens (including phenoxy) is 3. The average Bonchev–Trinajstić information content (AvgIpc) is 3.17. The molecule has 3 aliphatic heterocycles. The van der Waals surface area contributed by atoms with E-state index in [-0.39, 0.29) is 24.4 Å². The summed E-state index contributed by atoms with van der Waals surface area (Å²) < 4.78 is 17.6. The third kappa shape index (κ3) is 4.17. The van der Waals surface area contributed by atoms with E-state index in [0.717, 1.165) is 69.3 Å². The quantitative estimate of drug-likeness (QED) is 0.779. The summed E-state index contributed by atoms with van der Waals surface area (Å²) in [4.78, 5) is 11.4. The summed E-state index contributed by atoms with van der Waals surface area (Å²) in [5.41, 5.74) is 10.2. The third-order valence-electron chi connectivity index (χ3n) is 6.16. The molecule has 1 aromatic rings. The van der Waals surface area contributed by atoms with Gasteiger partial charge in [-0.25, -0.2) is 15.4 Å². The van der Waals surface area contributed by atoms with Gasteiger partial charge >= 0.3 is 0 Å². The van der Waals surface area contributed by atoms with E-state index < -0.39 is 0 Å². The van der Waals surface area contributed by atoms with E-state index in [2.05, 4.69) is 51.7 Å². The first-order chi connectivity index (χ1) is 14.7. The van der Waals surface area contributed by atoms with Gasteiger partial charge in [-0.15, -0.1) is 0 Å². The molecular weight excluding hydrogens is 382 g/mol. The van der Waals surface area contributed by atoms with Crippen molar-refractivity contribution in [2.45, 2.75) is 63.9 Å². The molecule has 4 heterocycles. The maximum Gasteiger partial charge on any atom is 0.132 e. The number of hydrogen-bond donors (Lipinski definition) is 2. The van der Waals surface area contributed by atoms with Crippen LogP contribution in [0.5, 0.6) is 0 Å². The molecule has 2 fully saturated rings. The van der Waals surface area contributed by atoms with Gasteiger partial charge in [-0.1, -0.05) is 0 Å². The first-order valence-corrected chi connectivity index (χ1v) is 11.1. The van der Waals surface area contributed by atoms with Crippen LogP contribution in [-0.2, 0) is 14.2 Å². The van der Waals surface area contributed by atoms with Crippen molar-refractivity contribution in [1.29, 1.82) is 0 Å². The van der Waals surface area contributed by atoms with Crippen LogP contribution in [0.3, 0.4) is 0 Å². The highest BCUT2D eigenvalue weighted by Crippen LogP contribution is 2.36. The molecule has 162 valence electrons. The summed E-state index contributed by atoms with van der Waals surface area (Å²) in [5, 5.41) is 0. The van der Waals surface area contributed by atoms with Gasteiger partial charge in [0, 0.05) is 49.7 Å². The van der Waals surface area contributed by atoms with Crippen molar-refractivity contribution < 1.29 is 14.2 Å². The van der Waals surface area contributed by atoms with E-state index in [0.29, 0.717) is 0 Å². The normalized spacial score (nSPS) is 30.0. The lowest BCUT2D eigenvalue weighted by Gasteiger charge is -2.36. The number of morpholine rings is 1. The zero-order chi connectivity index (χ0) is 20.5. The molecule has 5 rings (SSSR count). The Morgan fingerprint density at radius 2 is 1.90 bits per heavy atom. The molecule has 0 bridgehead atoms. The van der Waals surface area contributed by atoms with Gasteiger partial charge < -0.3 is 24.5 Å². The van der Waals surface area contributed by atoms with E-state index in [9.17, 15) is 0 Å². The van der Waals surface area contributed by atoms with Gasteiger partial charge in [-0.3, -0.25) is 0 Å². The lowest BCUT2D eigenvalue weighted by Crippen LogP contribution is -2.46. The van der Waals surface area contributed by atoms with E-state index in [4.69, 9.17) is 14.2 Å². The lowest BCUT2D eigenvalue weighted by atomic mass is 9.95. The van der Waals surface area contributed by atoms with Crippen LogP contribution in [0.1, 0.15) is 51.3 Å². The monoisotopic (exact) mass is 413 g/mol. The van der Waals surface area contributed by atoms with Crippen LogP contribution in [0, 0.1) is 0 Å². The topological polar surface area (TPSA) is 80.8 Å². The molecule has 0 unspecified atom stereocenters. The third-order valence-corrected chi connectivity index (χ3v) is 6.16. The molecule has 2 saturated heterocycles. The number of allylic oxidation sites excluding steroid dienone is 2. The smallest absolute Gasteiger partial charge is 0.132 e. The summed E-state index contributed by atoms with van der Waals surface area (Å²) >= 11 is 0. The molecule has 0 radical (unpaired) electrons. The van der Waals surface area contributed by atoms with Crippen molar-refractivity contribution in [2.75, 3.05) is 31.2 Å². The standard InChI is InChI=1S/C22H31N5O3/c1-14-11-27(12-15(2)29-14)21-10-20(23-13-24-21)22-18-9-17(3-4-19(18)25-26-22)30-16-5-7-28-8-6-16/h9-10,13-16,22,25-26H,3-8,11-12H2,1-2H3/t14-,15+,22-/m1/s1. The summed E-state index contributed by atoms with van der Waals surface area (Å²) in [6.07, 6.45) is 8.33. The number of hydrazine groups is 1.